The molecular formula is C20H16ClN3O4. The van der Waals surface area contributed by atoms with Crippen molar-refractivity contribution in [2.75, 3.05) is 5.32 Å². The van der Waals surface area contributed by atoms with Gasteiger partial charge >= 0.3 is 5.97 Å². The van der Waals surface area contributed by atoms with Gasteiger partial charge in [-0.15, -0.1) is 0 Å². The summed E-state index contributed by atoms with van der Waals surface area (Å²) >= 11 is 6.03. The van der Waals surface area contributed by atoms with E-state index in [2.05, 4.69) is 10.4 Å². The number of ketones is 1. The molecule has 142 valence electrons. The summed E-state index contributed by atoms with van der Waals surface area (Å²) in [4.78, 5) is 35.9. The first-order chi connectivity index (χ1) is 13.4. The molecule has 0 spiro atoms. The number of rotatable bonds is 7. The van der Waals surface area contributed by atoms with Crippen LogP contribution < -0.4 is 5.32 Å². The number of nitrogens with zero attached hydrogens (tertiary/aromatic N) is 2. The number of amides is 1. The third-order valence-corrected chi connectivity index (χ3v) is 4.20. The summed E-state index contributed by atoms with van der Waals surface area (Å²) in [5.41, 5.74) is 1.04. The second-order valence-electron chi connectivity index (χ2n) is 5.95. The molecule has 2 N–H and O–H groups in total. The Balaban J connectivity index is 1.72. The molecule has 1 amide bonds. The number of carboxylic acid groups (broad SMARTS) is 1. The molecule has 0 fully saturated rings. The highest BCUT2D eigenvalue weighted by Gasteiger charge is 2.16. The quantitative estimate of drug-likeness (QED) is 0.594. The molecule has 0 atom stereocenters. The molecule has 8 heteroatoms. The fourth-order valence-corrected chi connectivity index (χ4v) is 2.76. The lowest BCUT2D eigenvalue weighted by Crippen LogP contribution is -2.17. The van der Waals surface area contributed by atoms with Gasteiger partial charge in [0.05, 0.1) is 5.69 Å². The number of benzene rings is 2. The molecular weight excluding hydrogens is 382 g/mol. The van der Waals surface area contributed by atoms with E-state index in [-0.39, 0.29) is 30.3 Å². The van der Waals surface area contributed by atoms with E-state index in [1.165, 1.54) is 23.0 Å². The summed E-state index contributed by atoms with van der Waals surface area (Å²) in [5, 5.41) is 15.8. The zero-order valence-corrected chi connectivity index (χ0v) is 15.4. The predicted molar refractivity (Wildman–Crippen MR) is 104 cm³/mol. The number of carboxylic acids is 1. The number of carbonyl (C=O) groups is 3. The number of hydrogen-bond acceptors (Lipinski definition) is 4. The summed E-state index contributed by atoms with van der Waals surface area (Å²) in [5.74, 6) is -1.72. The molecule has 0 unspecified atom stereocenters. The van der Waals surface area contributed by atoms with Crippen LogP contribution in [-0.4, -0.2) is 32.5 Å². The number of carbonyl (C=O) groups excluding carboxylic acids is 2. The molecule has 28 heavy (non-hydrogen) atoms. The first-order valence-corrected chi connectivity index (χ1v) is 8.78. The van der Waals surface area contributed by atoms with Gasteiger partial charge in [0, 0.05) is 35.3 Å². The summed E-state index contributed by atoms with van der Waals surface area (Å²) < 4.78 is 1.38. The van der Waals surface area contributed by atoms with E-state index < -0.39 is 5.97 Å². The highest BCUT2D eigenvalue weighted by molar-refractivity contribution is 6.31. The molecule has 1 aromatic heterocycles. The fourth-order valence-electron chi connectivity index (χ4n) is 2.59. The van der Waals surface area contributed by atoms with Gasteiger partial charge in [-0.25, -0.2) is 4.79 Å². The van der Waals surface area contributed by atoms with E-state index >= 15 is 0 Å². The SMILES string of the molecule is O=C(CCn1ccc(C(=O)O)n1)Nc1ccc(Cl)cc1C(=O)c1ccccc1. The number of anilines is 1. The van der Waals surface area contributed by atoms with Crippen LogP contribution in [0.5, 0.6) is 0 Å². The van der Waals surface area contributed by atoms with Crippen molar-refractivity contribution in [3.05, 3.63) is 82.6 Å². The Morgan fingerprint density at radius 1 is 1.07 bits per heavy atom. The van der Waals surface area contributed by atoms with Gasteiger partial charge in [-0.05, 0) is 24.3 Å². The van der Waals surface area contributed by atoms with Gasteiger partial charge in [0.1, 0.15) is 0 Å². The zero-order valence-electron chi connectivity index (χ0n) is 14.6. The minimum atomic E-state index is -1.13. The Hall–Kier alpha value is -3.45. The molecule has 7 nitrogen and oxygen atoms in total. The first-order valence-electron chi connectivity index (χ1n) is 8.40. The van der Waals surface area contributed by atoms with Crippen molar-refractivity contribution in [2.24, 2.45) is 0 Å². The number of hydrogen-bond donors (Lipinski definition) is 2. The average Bonchev–Trinajstić information content (AvgIpc) is 3.17. The van der Waals surface area contributed by atoms with E-state index in [4.69, 9.17) is 16.7 Å². The molecule has 0 saturated heterocycles. The van der Waals surface area contributed by atoms with Gasteiger partial charge in [0.15, 0.2) is 11.5 Å². The van der Waals surface area contributed by atoms with E-state index in [1.54, 1.807) is 36.4 Å². The van der Waals surface area contributed by atoms with E-state index in [9.17, 15) is 14.4 Å². The summed E-state index contributed by atoms with van der Waals surface area (Å²) in [6.45, 7) is 0.203. The lowest BCUT2D eigenvalue weighted by Gasteiger charge is -2.11. The third-order valence-electron chi connectivity index (χ3n) is 3.96. The second kappa shape index (κ2) is 8.49. The lowest BCUT2D eigenvalue weighted by molar-refractivity contribution is -0.116. The van der Waals surface area contributed by atoms with Crippen LogP contribution >= 0.6 is 11.6 Å². The second-order valence-corrected chi connectivity index (χ2v) is 6.39. The molecule has 0 aliphatic heterocycles. The first kappa shape index (κ1) is 19.3. The number of aromatic nitrogens is 2. The molecule has 0 bridgehead atoms. The summed E-state index contributed by atoms with van der Waals surface area (Å²) in [6.07, 6.45) is 1.55. The van der Waals surface area contributed by atoms with Crippen molar-refractivity contribution in [3.63, 3.8) is 0 Å². The Kier molecular flexibility index (Phi) is 5.86. The highest BCUT2D eigenvalue weighted by Crippen LogP contribution is 2.24. The molecule has 2 aromatic carbocycles. The smallest absolute Gasteiger partial charge is 0.356 e. The Labute approximate surface area is 165 Å². The number of aryl methyl sites for hydroxylation is 1. The van der Waals surface area contributed by atoms with Gasteiger partial charge in [-0.3, -0.25) is 14.3 Å². The molecule has 0 aliphatic carbocycles. The Morgan fingerprint density at radius 2 is 1.82 bits per heavy atom. The Bertz CT molecular complexity index is 1030. The van der Waals surface area contributed by atoms with Crippen LogP contribution in [0.3, 0.4) is 0 Å². The molecule has 3 rings (SSSR count). The lowest BCUT2D eigenvalue weighted by atomic mass is 10.0. The van der Waals surface area contributed by atoms with Crippen LogP contribution in [0.4, 0.5) is 5.69 Å². The van der Waals surface area contributed by atoms with Crippen molar-refractivity contribution in [1.82, 2.24) is 9.78 Å². The molecule has 0 saturated carbocycles. The average molecular weight is 398 g/mol. The van der Waals surface area contributed by atoms with Crippen LogP contribution in [-0.2, 0) is 11.3 Å². The summed E-state index contributed by atoms with van der Waals surface area (Å²) in [6, 6.07) is 14.7. The van der Waals surface area contributed by atoms with E-state index in [0.29, 0.717) is 21.8 Å². The van der Waals surface area contributed by atoms with Gasteiger partial charge in [-0.1, -0.05) is 41.9 Å². The molecule has 0 aliphatic rings. The van der Waals surface area contributed by atoms with Crippen LogP contribution in [0, 0.1) is 0 Å². The zero-order chi connectivity index (χ0) is 20.1. The maximum Gasteiger partial charge on any atom is 0.356 e. The van der Waals surface area contributed by atoms with Gasteiger partial charge in [-0.2, -0.15) is 5.10 Å². The van der Waals surface area contributed by atoms with Crippen LogP contribution in [0.15, 0.2) is 60.8 Å². The maximum atomic E-state index is 12.8. The monoisotopic (exact) mass is 397 g/mol. The minimum Gasteiger partial charge on any atom is -0.476 e. The minimum absolute atomic E-state index is 0.0579. The fraction of sp³-hybridized carbons (Fsp3) is 0.100. The van der Waals surface area contributed by atoms with Gasteiger partial charge in [0.2, 0.25) is 5.91 Å². The highest BCUT2D eigenvalue weighted by atomic mass is 35.5. The number of nitrogens with one attached hydrogen (secondary N) is 1. The van der Waals surface area contributed by atoms with Crippen molar-refractivity contribution in [1.29, 1.82) is 0 Å². The molecule has 1 heterocycles. The van der Waals surface area contributed by atoms with Gasteiger partial charge in [0.25, 0.3) is 0 Å². The predicted octanol–water partition coefficient (Wildman–Crippen LogP) is 3.49. The maximum absolute atomic E-state index is 12.8. The van der Waals surface area contributed by atoms with Crippen molar-refractivity contribution in [2.45, 2.75) is 13.0 Å². The van der Waals surface area contributed by atoms with Crippen LogP contribution in [0.1, 0.15) is 32.8 Å². The number of aromatic carboxylic acids is 1. The van der Waals surface area contributed by atoms with Crippen molar-refractivity contribution < 1.29 is 19.5 Å². The van der Waals surface area contributed by atoms with E-state index in [0.717, 1.165) is 0 Å². The summed E-state index contributed by atoms with van der Waals surface area (Å²) in [7, 11) is 0. The molecule has 3 aromatic rings. The van der Waals surface area contributed by atoms with Crippen LogP contribution in [0.2, 0.25) is 5.02 Å². The van der Waals surface area contributed by atoms with Crippen LogP contribution in [0.25, 0.3) is 0 Å². The molecule has 0 radical (unpaired) electrons. The van der Waals surface area contributed by atoms with Crippen molar-refractivity contribution in [3.8, 4) is 0 Å². The van der Waals surface area contributed by atoms with Gasteiger partial charge < -0.3 is 10.4 Å². The van der Waals surface area contributed by atoms with E-state index in [1.807, 2.05) is 6.07 Å². The third kappa shape index (κ3) is 4.63. The standard InChI is InChI=1S/C20H16ClN3O4/c21-14-6-7-16(15(12-14)19(26)13-4-2-1-3-5-13)22-18(25)9-11-24-10-8-17(23-24)20(27)28/h1-8,10,12H,9,11H2,(H,22,25)(H,27,28). The Morgan fingerprint density at radius 3 is 2.50 bits per heavy atom. The topological polar surface area (TPSA) is 101 Å². The number of halogens is 1. The largest absolute Gasteiger partial charge is 0.476 e. The normalized spacial score (nSPS) is 10.5. The van der Waals surface area contributed by atoms with Crippen molar-refractivity contribution >= 4 is 34.9 Å².